The molecular formula is C21H23N5O5S. The van der Waals surface area contributed by atoms with Crippen LogP contribution in [0.5, 0.6) is 5.75 Å². The number of benzene rings is 1. The Balaban J connectivity index is 1.15. The van der Waals surface area contributed by atoms with Gasteiger partial charge in [-0.15, -0.1) is 11.3 Å². The normalized spacial score (nSPS) is 14.4. The average molecular weight is 458 g/mol. The van der Waals surface area contributed by atoms with Crippen LogP contribution in [0.2, 0.25) is 0 Å². The van der Waals surface area contributed by atoms with Crippen molar-refractivity contribution in [1.82, 2.24) is 19.9 Å². The molecule has 11 heteroatoms. The zero-order valence-corrected chi connectivity index (χ0v) is 18.2. The summed E-state index contributed by atoms with van der Waals surface area (Å²) in [6.45, 7) is 3.58. The molecule has 0 bridgehead atoms. The Morgan fingerprint density at radius 2 is 2.06 bits per heavy atom. The minimum absolute atomic E-state index is 0.0631. The molecule has 2 aromatic heterocycles. The van der Waals surface area contributed by atoms with E-state index in [0.29, 0.717) is 37.0 Å². The fourth-order valence-corrected chi connectivity index (χ4v) is 4.11. The predicted octanol–water partition coefficient (Wildman–Crippen LogP) is 2.86. The van der Waals surface area contributed by atoms with Gasteiger partial charge in [0, 0.05) is 38.7 Å². The van der Waals surface area contributed by atoms with E-state index in [9.17, 15) is 14.9 Å². The fraction of sp³-hybridized carbons (Fsp3) is 0.381. The van der Waals surface area contributed by atoms with E-state index < -0.39 is 4.92 Å². The molecule has 0 unspecified atom stereocenters. The first-order valence-corrected chi connectivity index (χ1v) is 11.2. The minimum atomic E-state index is -0.491. The molecule has 1 amide bonds. The van der Waals surface area contributed by atoms with Gasteiger partial charge in [-0.25, -0.2) is 0 Å². The number of nitrogens with zero attached hydrogens (tertiary/aromatic N) is 5. The minimum Gasteiger partial charge on any atom is -0.484 e. The molecule has 0 spiro atoms. The van der Waals surface area contributed by atoms with E-state index in [0.717, 1.165) is 30.9 Å². The van der Waals surface area contributed by atoms with Crippen molar-refractivity contribution in [2.75, 3.05) is 39.3 Å². The molecule has 1 aromatic carbocycles. The summed E-state index contributed by atoms with van der Waals surface area (Å²) in [7, 11) is 0. The number of aryl methyl sites for hydroxylation is 1. The number of carbonyl (C=O) groups is 1. The Bertz CT molecular complexity index is 1050. The molecule has 1 saturated heterocycles. The highest BCUT2D eigenvalue weighted by molar-refractivity contribution is 7.13. The number of amides is 1. The van der Waals surface area contributed by atoms with Crippen LogP contribution in [0.1, 0.15) is 12.3 Å². The largest absolute Gasteiger partial charge is 0.484 e. The van der Waals surface area contributed by atoms with Gasteiger partial charge in [-0.1, -0.05) is 17.3 Å². The Hall–Kier alpha value is -3.31. The molecule has 0 radical (unpaired) electrons. The summed E-state index contributed by atoms with van der Waals surface area (Å²) in [4.78, 5) is 32.3. The first kappa shape index (κ1) is 21.9. The van der Waals surface area contributed by atoms with E-state index in [4.69, 9.17) is 9.26 Å². The van der Waals surface area contributed by atoms with Crippen molar-refractivity contribution >= 4 is 22.9 Å². The number of aromatic nitrogens is 2. The molecule has 3 aromatic rings. The van der Waals surface area contributed by atoms with Crippen molar-refractivity contribution in [3.05, 3.63) is 57.8 Å². The van der Waals surface area contributed by atoms with E-state index in [1.165, 1.54) is 18.2 Å². The second-order valence-corrected chi connectivity index (χ2v) is 8.31. The predicted molar refractivity (Wildman–Crippen MR) is 118 cm³/mol. The second-order valence-electron chi connectivity index (χ2n) is 7.36. The third-order valence-electron chi connectivity index (χ3n) is 5.19. The van der Waals surface area contributed by atoms with Crippen LogP contribution in [0.3, 0.4) is 0 Å². The number of piperazine rings is 1. The first-order valence-electron chi connectivity index (χ1n) is 10.3. The molecule has 4 rings (SSSR count). The lowest BCUT2D eigenvalue weighted by Crippen LogP contribution is -2.50. The first-order chi connectivity index (χ1) is 15.6. The Morgan fingerprint density at radius 1 is 1.22 bits per heavy atom. The summed E-state index contributed by atoms with van der Waals surface area (Å²) in [5.41, 5.74) is -0.0631. The van der Waals surface area contributed by atoms with Crippen molar-refractivity contribution in [1.29, 1.82) is 0 Å². The van der Waals surface area contributed by atoms with Gasteiger partial charge in [-0.05, 0) is 30.5 Å². The summed E-state index contributed by atoms with van der Waals surface area (Å²) >= 11 is 1.58. The third kappa shape index (κ3) is 5.68. The van der Waals surface area contributed by atoms with Crippen LogP contribution in [0, 0.1) is 10.1 Å². The van der Waals surface area contributed by atoms with E-state index >= 15 is 0 Å². The Kier molecular flexibility index (Phi) is 7.07. The number of thiophene rings is 1. The molecule has 0 aliphatic carbocycles. The number of hydrogen-bond donors (Lipinski definition) is 0. The van der Waals surface area contributed by atoms with Gasteiger partial charge in [0.1, 0.15) is 5.75 Å². The highest BCUT2D eigenvalue weighted by atomic mass is 32.1. The molecule has 32 heavy (non-hydrogen) atoms. The lowest BCUT2D eigenvalue weighted by Gasteiger charge is -2.34. The molecule has 1 fully saturated rings. The Labute approximate surface area is 188 Å². The lowest BCUT2D eigenvalue weighted by molar-refractivity contribution is -0.384. The van der Waals surface area contributed by atoms with Crippen LogP contribution in [-0.2, 0) is 11.2 Å². The SMILES string of the molecule is O=C(COc1cccc([N+](=O)[O-])c1)N1CCN(CCCc2nc(-c3cccs3)no2)CC1. The molecule has 168 valence electrons. The highest BCUT2D eigenvalue weighted by Gasteiger charge is 2.21. The maximum atomic E-state index is 12.4. The molecular weight excluding hydrogens is 434 g/mol. The number of rotatable bonds is 9. The van der Waals surface area contributed by atoms with Gasteiger partial charge in [-0.3, -0.25) is 19.8 Å². The van der Waals surface area contributed by atoms with E-state index in [1.807, 2.05) is 17.5 Å². The standard InChI is InChI=1S/C21H23N5O5S/c27-20(15-30-17-5-1-4-16(14-17)26(28)29)25-11-9-24(10-12-25)8-2-7-19-22-21(23-31-19)18-6-3-13-32-18/h1,3-6,13-14H,2,7-12,15H2. The van der Waals surface area contributed by atoms with E-state index in [1.54, 1.807) is 22.3 Å². The summed E-state index contributed by atoms with van der Waals surface area (Å²) in [5, 5.41) is 16.8. The van der Waals surface area contributed by atoms with E-state index in [2.05, 4.69) is 15.0 Å². The molecule has 10 nitrogen and oxygen atoms in total. The van der Waals surface area contributed by atoms with Crippen LogP contribution in [0.25, 0.3) is 10.7 Å². The van der Waals surface area contributed by atoms with Crippen molar-refractivity contribution in [2.24, 2.45) is 0 Å². The van der Waals surface area contributed by atoms with E-state index in [-0.39, 0.29) is 18.2 Å². The van der Waals surface area contributed by atoms with Crippen molar-refractivity contribution < 1.29 is 19.0 Å². The van der Waals surface area contributed by atoms with Gasteiger partial charge in [0.2, 0.25) is 11.7 Å². The maximum absolute atomic E-state index is 12.4. The van der Waals surface area contributed by atoms with Gasteiger partial charge < -0.3 is 14.2 Å². The number of ether oxygens (including phenoxy) is 1. The van der Waals surface area contributed by atoms with Gasteiger partial charge in [-0.2, -0.15) is 4.98 Å². The quantitative estimate of drug-likeness (QED) is 0.356. The van der Waals surface area contributed by atoms with Gasteiger partial charge >= 0.3 is 0 Å². The zero-order chi connectivity index (χ0) is 22.3. The van der Waals surface area contributed by atoms with Gasteiger partial charge in [0.05, 0.1) is 15.9 Å². The average Bonchev–Trinajstić information content (AvgIpc) is 3.50. The number of non-ortho nitro benzene ring substituents is 1. The monoisotopic (exact) mass is 457 g/mol. The summed E-state index contributed by atoms with van der Waals surface area (Å²) in [6.07, 6.45) is 1.62. The second kappa shape index (κ2) is 10.3. The van der Waals surface area contributed by atoms with Crippen molar-refractivity contribution in [3.8, 4) is 16.5 Å². The molecule has 0 N–H and O–H groups in total. The zero-order valence-electron chi connectivity index (χ0n) is 17.4. The van der Waals surface area contributed by atoms with Gasteiger partial charge in [0.15, 0.2) is 6.61 Å². The molecule has 0 atom stereocenters. The van der Waals surface area contributed by atoms with Crippen LogP contribution in [0.4, 0.5) is 5.69 Å². The van der Waals surface area contributed by atoms with Crippen molar-refractivity contribution in [3.63, 3.8) is 0 Å². The van der Waals surface area contributed by atoms with Gasteiger partial charge in [0.25, 0.3) is 11.6 Å². The number of nitro groups is 1. The van der Waals surface area contributed by atoms with Crippen molar-refractivity contribution in [2.45, 2.75) is 12.8 Å². The van der Waals surface area contributed by atoms with Crippen LogP contribution in [-0.4, -0.2) is 70.1 Å². The fourth-order valence-electron chi connectivity index (χ4n) is 3.46. The number of nitro benzene ring substituents is 1. The molecule has 1 aliphatic rings. The maximum Gasteiger partial charge on any atom is 0.273 e. The highest BCUT2D eigenvalue weighted by Crippen LogP contribution is 2.22. The lowest BCUT2D eigenvalue weighted by atomic mass is 10.2. The Morgan fingerprint density at radius 3 is 2.81 bits per heavy atom. The van der Waals surface area contributed by atoms with Crippen LogP contribution < -0.4 is 4.74 Å². The smallest absolute Gasteiger partial charge is 0.273 e. The van der Waals surface area contributed by atoms with Crippen LogP contribution >= 0.6 is 11.3 Å². The summed E-state index contributed by atoms with van der Waals surface area (Å²) in [5.74, 6) is 1.47. The molecule has 1 aliphatic heterocycles. The molecule has 0 saturated carbocycles. The third-order valence-corrected chi connectivity index (χ3v) is 6.06. The van der Waals surface area contributed by atoms with Crippen LogP contribution in [0.15, 0.2) is 46.3 Å². The summed E-state index contributed by atoms with van der Waals surface area (Å²) in [6, 6.07) is 9.77. The molecule has 3 heterocycles. The topological polar surface area (TPSA) is 115 Å². The number of hydrogen-bond acceptors (Lipinski definition) is 9. The number of carbonyl (C=O) groups excluding carboxylic acids is 1. The summed E-state index contributed by atoms with van der Waals surface area (Å²) < 4.78 is 10.8.